The van der Waals surface area contributed by atoms with Gasteiger partial charge in [0.1, 0.15) is 0 Å². The van der Waals surface area contributed by atoms with E-state index in [1.54, 1.807) is 0 Å². The second-order valence-electron chi connectivity index (χ2n) is 4.77. The molecule has 1 rings (SSSR count). The van der Waals surface area contributed by atoms with Crippen molar-refractivity contribution in [2.45, 2.75) is 17.8 Å². The summed E-state index contributed by atoms with van der Waals surface area (Å²) in [4.78, 5) is 0. The molecule has 8 heteroatoms. The van der Waals surface area contributed by atoms with Gasteiger partial charge in [0, 0.05) is 6.54 Å². The van der Waals surface area contributed by atoms with Gasteiger partial charge in [-0.25, -0.2) is 0 Å². The smallest absolute Gasteiger partial charge is 0.394 e. The maximum absolute atomic E-state index is 12.6. The molecule has 1 unspecified atom stereocenters. The largest absolute Gasteiger partial charge is 0.416 e. The van der Waals surface area contributed by atoms with E-state index in [-0.39, 0.29) is 12.1 Å². The molecule has 0 bridgehead atoms. The van der Waals surface area contributed by atoms with E-state index in [0.29, 0.717) is 0 Å². The normalized spacial score (nSPS) is 14.2. The molecule has 0 aromatic heterocycles. The maximum Gasteiger partial charge on any atom is 0.416 e. The SMILES string of the molecule is OCC(CO)(CO)NCC(O)c1cccc(C(F)(F)F)c1. The van der Waals surface area contributed by atoms with Gasteiger partial charge in [0.05, 0.1) is 37.0 Å². The van der Waals surface area contributed by atoms with Crippen LogP contribution < -0.4 is 5.32 Å². The summed E-state index contributed by atoms with van der Waals surface area (Å²) in [5.74, 6) is 0. The molecule has 5 N–H and O–H groups in total. The van der Waals surface area contributed by atoms with Crippen molar-refractivity contribution in [3.05, 3.63) is 35.4 Å². The number of aliphatic hydroxyl groups excluding tert-OH is 4. The molecule has 120 valence electrons. The van der Waals surface area contributed by atoms with Crippen LogP contribution in [0.15, 0.2) is 24.3 Å². The molecule has 0 aliphatic heterocycles. The topological polar surface area (TPSA) is 93.0 Å². The van der Waals surface area contributed by atoms with Crippen LogP contribution in [0, 0.1) is 0 Å². The van der Waals surface area contributed by atoms with E-state index in [2.05, 4.69) is 5.32 Å². The summed E-state index contributed by atoms with van der Waals surface area (Å²) >= 11 is 0. The summed E-state index contributed by atoms with van der Waals surface area (Å²) in [6.07, 6.45) is -5.79. The molecule has 0 heterocycles. The Morgan fingerprint density at radius 2 is 1.62 bits per heavy atom. The van der Waals surface area contributed by atoms with Crippen molar-refractivity contribution in [1.82, 2.24) is 5.32 Å². The number of β-amino-alcohol motifs (C(OH)–C–C–N with tert-alkyl or cyclic N) is 1. The molecular weight excluding hydrogens is 291 g/mol. The van der Waals surface area contributed by atoms with Crippen LogP contribution in [0.3, 0.4) is 0 Å². The van der Waals surface area contributed by atoms with E-state index in [1.165, 1.54) is 12.1 Å². The number of rotatable bonds is 7. The molecule has 1 aromatic rings. The molecular formula is C13H18F3NO4. The fourth-order valence-electron chi connectivity index (χ4n) is 1.67. The zero-order valence-electron chi connectivity index (χ0n) is 11.1. The maximum atomic E-state index is 12.6. The number of hydrogen-bond donors (Lipinski definition) is 5. The van der Waals surface area contributed by atoms with Crippen LogP contribution in [-0.4, -0.2) is 52.3 Å². The molecule has 0 aliphatic carbocycles. The van der Waals surface area contributed by atoms with E-state index in [9.17, 15) is 18.3 Å². The highest BCUT2D eigenvalue weighted by Crippen LogP contribution is 2.30. The lowest BCUT2D eigenvalue weighted by atomic mass is 10.0. The van der Waals surface area contributed by atoms with Crippen molar-refractivity contribution in [3.63, 3.8) is 0 Å². The Bertz CT molecular complexity index is 441. The molecule has 0 fully saturated rings. The highest BCUT2D eigenvalue weighted by molar-refractivity contribution is 5.27. The Balaban J connectivity index is 2.78. The highest BCUT2D eigenvalue weighted by atomic mass is 19.4. The molecule has 0 aliphatic rings. The van der Waals surface area contributed by atoms with Crippen LogP contribution in [0.2, 0.25) is 0 Å². The average Bonchev–Trinajstić information content (AvgIpc) is 2.48. The molecule has 0 amide bonds. The molecule has 0 saturated carbocycles. The number of aliphatic hydroxyl groups is 4. The van der Waals surface area contributed by atoms with Gasteiger partial charge in [0.2, 0.25) is 0 Å². The summed E-state index contributed by atoms with van der Waals surface area (Å²) < 4.78 is 37.7. The second-order valence-corrected chi connectivity index (χ2v) is 4.77. The monoisotopic (exact) mass is 309 g/mol. The van der Waals surface area contributed by atoms with Gasteiger partial charge in [-0.05, 0) is 17.7 Å². The van der Waals surface area contributed by atoms with Crippen LogP contribution >= 0.6 is 0 Å². The standard InChI is InChI=1S/C13H18F3NO4/c14-13(15,16)10-3-1-2-9(4-10)11(21)5-17-12(6-18,7-19)8-20/h1-4,11,17-21H,5-8H2. The van der Waals surface area contributed by atoms with Gasteiger partial charge < -0.3 is 25.7 Å². The van der Waals surface area contributed by atoms with Crippen molar-refractivity contribution in [2.24, 2.45) is 0 Å². The number of nitrogens with one attached hydrogen (secondary N) is 1. The molecule has 5 nitrogen and oxygen atoms in total. The van der Waals surface area contributed by atoms with Crippen molar-refractivity contribution in [1.29, 1.82) is 0 Å². The van der Waals surface area contributed by atoms with Gasteiger partial charge in [-0.2, -0.15) is 13.2 Å². The van der Waals surface area contributed by atoms with E-state index in [0.717, 1.165) is 12.1 Å². The Hall–Kier alpha value is -1.19. The van der Waals surface area contributed by atoms with Crippen LogP contribution in [-0.2, 0) is 6.18 Å². The minimum Gasteiger partial charge on any atom is -0.394 e. The Labute approximate surface area is 119 Å². The van der Waals surface area contributed by atoms with Crippen LogP contribution in [0.1, 0.15) is 17.2 Å². The zero-order chi connectivity index (χ0) is 16.1. The first-order valence-corrected chi connectivity index (χ1v) is 6.21. The molecule has 1 atom stereocenters. The third-order valence-corrected chi connectivity index (χ3v) is 3.18. The van der Waals surface area contributed by atoms with E-state index in [4.69, 9.17) is 15.3 Å². The number of halogens is 3. The number of alkyl halides is 3. The van der Waals surface area contributed by atoms with Crippen LogP contribution in [0.25, 0.3) is 0 Å². The molecule has 21 heavy (non-hydrogen) atoms. The second kappa shape index (κ2) is 7.19. The highest BCUT2D eigenvalue weighted by Gasteiger charge is 2.31. The lowest BCUT2D eigenvalue weighted by molar-refractivity contribution is -0.137. The fourth-order valence-corrected chi connectivity index (χ4v) is 1.67. The van der Waals surface area contributed by atoms with Crippen molar-refractivity contribution in [3.8, 4) is 0 Å². The number of hydrogen-bond acceptors (Lipinski definition) is 5. The predicted octanol–water partition coefficient (Wildman–Crippen LogP) is 0.0441. The third-order valence-electron chi connectivity index (χ3n) is 3.18. The quantitative estimate of drug-likeness (QED) is 0.491. The zero-order valence-corrected chi connectivity index (χ0v) is 11.1. The van der Waals surface area contributed by atoms with Crippen LogP contribution in [0.5, 0.6) is 0 Å². The first kappa shape index (κ1) is 17.9. The summed E-state index contributed by atoms with van der Waals surface area (Å²) in [6.45, 7) is -2.00. The Morgan fingerprint density at radius 1 is 1.05 bits per heavy atom. The molecule has 0 saturated heterocycles. The van der Waals surface area contributed by atoms with Crippen molar-refractivity contribution >= 4 is 0 Å². The minimum absolute atomic E-state index is 0.0417. The predicted molar refractivity (Wildman–Crippen MR) is 68.4 cm³/mol. The fraction of sp³-hybridized carbons (Fsp3) is 0.538. The van der Waals surface area contributed by atoms with Crippen molar-refractivity contribution in [2.75, 3.05) is 26.4 Å². The lowest BCUT2D eigenvalue weighted by Crippen LogP contribution is -2.55. The molecule has 0 radical (unpaired) electrons. The van der Waals surface area contributed by atoms with E-state index < -0.39 is 43.2 Å². The first-order chi connectivity index (χ1) is 9.78. The number of benzene rings is 1. The van der Waals surface area contributed by atoms with Crippen molar-refractivity contribution < 1.29 is 33.6 Å². The molecule has 0 spiro atoms. The van der Waals surface area contributed by atoms with Crippen LogP contribution in [0.4, 0.5) is 13.2 Å². The van der Waals surface area contributed by atoms with Gasteiger partial charge in [-0.15, -0.1) is 0 Å². The minimum atomic E-state index is -4.51. The van der Waals surface area contributed by atoms with E-state index >= 15 is 0 Å². The third kappa shape index (κ3) is 4.65. The lowest BCUT2D eigenvalue weighted by Gasteiger charge is -2.30. The average molecular weight is 309 g/mol. The van der Waals surface area contributed by atoms with Gasteiger partial charge in [-0.3, -0.25) is 0 Å². The van der Waals surface area contributed by atoms with E-state index in [1.807, 2.05) is 0 Å². The summed E-state index contributed by atoms with van der Waals surface area (Å²) in [7, 11) is 0. The Morgan fingerprint density at radius 3 is 2.10 bits per heavy atom. The van der Waals surface area contributed by atoms with Gasteiger partial charge in [0.15, 0.2) is 0 Å². The van der Waals surface area contributed by atoms with Gasteiger partial charge in [0.25, 0.3) is 0 Å². The van der Waals surface area contributed by atoms with Gasteiger partial charge >= 0.3 is 6.18 Å². The first-order valence-electron chi connectivity index (χ1n) is 6.21. The summed E-state index contributed by atoms with van der Waals surface area (Å²) in [6, 6.07) is 4.23. The van der Waals surface area contributed by atoms with Gasteiger partial charge in [-0.1, -0.05) is 12.1 Å². The summed E-state index contributed by atoms with van der Waals surface area (Å²) in [5, 5.41) is 39.7. The summed E-state index contributed by atoms with van der Waals surface area (Å²) in [5.41, 5.74) is -2.24. The Kier molecular flexibility index (Phi) is 6.11. The molecule has 1 aromatic carbocycles.